The summed E-state index contributed by atoms with van der Waals surface area (Å²) in [6.07, 6.45) is 4.79. The van der Waals surface area contributed by atoms with Gasteiger partial charge in [-0.2, -0.15) is 0 Å². The van der Waals surface area contributed by atoms with Crippen molar-refractivity contribution in [2.45, 2.75) is 54.7 Å². The molecule has 2 amide bonds. The fraction of sp³-hybridized carbons (Fsp3) is 0.556. The van der Waals surface area contributed by atoms with E-state index >= 15 is 0 Å². The summed E-state index contributed by atoms with van der Waals surface area (Å²) >= 11 is 0. The number of nitrogens with zero attached hydrogens (tertiary/aromatic N) is 1. The lowest BCUT2D eigenvalue weighted by molar-refractivity contribution is -0.141. The smallest absolute Gasteiger partial charge is 0.240 e. The van der Waals surface area contributed by atoms with E-state index < -0.39 is 27.0 Å². The number of carbonyl (C=O) groups is 2. The first-order valence-corrected chi connectivity index (χ1v) is 10.3. The highest BCUT2D eigenvalue weighted by molar-refractivity contribution is 7.92. The number of carbonyl (C=O) groups excluding carboxylic acids is 2. The van der Waals surface area contributed by atoms with E-state index in [9.17, 15) is 18.0 Å². The first-order valence-electron chi connectivity index (χ1n) is 8.80. The van der Waals surface area contributed by atoms with E-state index in [2.05, 4.69) is 0 Å². The molecule has 136 valence electrons. The Morgan fingerprint density at radius 3 is 2.28 bits per heavy atom. The van der Waals surface area contributed by atoms with E-state index in [4.69, 9.17) is 5.73 Å². The van der Waals surface area contributed by atoms with Crippen molar-refractivity contribution in [2.24, 2.45) is 11.7 Å². The molecule has 6 nitrogen and oxygen atoms in total. The van der Waals surface area contributed by atoms with E-state index in [0.29, 0.717) is 0 Å². The summed E-state index contributed by atoms with van der Waals surface area (Å²) in [4.78, 5) is 26.3. The van der Waals surface area contributed by atoms with Gasteiger partial charge in [-0.1, -0.05) is 37.5 Å². The zero-order valence-electron chi connectivity index (χ0n) is 14.1. The second-order valence-corrected chi connectivity index (χ2v) is 9.19. The Bertz CT molecular complexity index is 742. The van der Waals surface area contributed by atoms with Crippen molar-refractivity contribution in [3.63, 3.8) is 0 Å². The molecule has 0 unspecified atom stereocenters. The third kappa shape index (κ3) is 3.56. The predicted octanol–water partition coefficient (Wildman–Crippen LogP) is 1.50. The highest BCUT2D eigenvalue weighted by Crippen LogP contribution is 2.32. The van der Waals surface area contributed by atoms with Gasteiger partial charge in [-0.25, -0.2) is 8.42 Å². The lowest BCUT2D eigenvalue weighted by Crippen LogP contribution is -2.46. The maximum atomic E-state index is 12.9. The van der Waals surface area contributed by atoms with Crippen LogP contribution in [0.2, 0.25) is 0 Å². The van der Waals surface area contributed by atoms with Crippen LogP contribution in [0.1, 0.15) is 38.5 Å². The highest BCUT2D eigenvalue weighted by atomic mass is 32.2. The summed E-state index contributed by atoms with van der Waals surface area (Å²) in [6.45, 7) is 0.0418. The maximum absolute atomic E-state index is 12.9. The van der Waals surface area contributed by atoms with Crippen molar-refractivity contribution in [3.05, 3.63) is 30.3 Å². The fourth-order valence-electron chi connectivity index (χ4n) is 3.92. The molecule has 0 aromatic heterocycles. The minimum Gasteiger partial charge on any atom is -0.368 e. The molecule has 1 aliphatic carbocycles. The third-order valence-electron chi connectivity index (χ3n) is 5.34. The molecule has 0 spiro atoms. The summed E-state index contributed by atoms with van der Waals surface area (Å²) in [5.74, 6) is -0.863. The summed E-state index contributed by atoms with van der Waals surface area (Å²) < 4.78 is 25.7. The largest absolute Gasteiger partial charge is 0.368 e. The van der Waals surface area contributed by atoms with Crippen LogP contribution in [0, 0.1) is 5.92 Å². The van der Waals surface area contributed by atoms with Crippen LogP contribution in [0.3, 0.4) is 0 Å². The highest BCUT2D eigenvalue weighted by Gasteiger charge is 2.45. The molecule has 7 heteroatoms. The van der Waals surface area contributed by atoms with Gasteiger partial charge in [0.15, 0.2) is 9.84 Å². The summed E-state index contributed by atoms with van der Waals surface area (Å²) in [7, 11) is -3.60. The summed E-state index contributed by atoms with van der Waals surface area (Å²) in [5.41, 5.74) is 5.47. The molecule has 0 bridgehead atoms. The second kappa shape index (κ2) is 7.15. The molecule has 2 atom stereocenters. The number of hydrogen-bond acceptors (Lipinski definition) is 4. The maximum Gasteiger partial charge on any atom is 0.240 e. The van der Waals surface area contributed by atoms with Crippen molar-refractivity contribution in [1.29, 1.82) is 0 Å². The van der Waals surface area contributed by atoms with Gasteiger partial charge in [-0.15, -0.1) is 0 Å². The van der Waals surface area contributed by atoms with Crippen LogP contribution in [0.5, 0.6) is 0 Å². The first kappa shape index (κ1) is 17.9. The fourth-order valence-corrected chi connectivity index (χ4v) is 5.64. The molecular weight excluding hydrogens is 340 g/mol. The number of primary amides is 1. The van der Waals surface area contributed by atoms with Crippen LogP contribution in [0.25, 0.3) is 0 Å². The van der Waals surface area contributed by atoms with Gasteiger partial charge in [-0.3, -0.25) is 9.59 Å². The van der Waals surface area contributed by atoms with Gasteiger partial charge < -0.3 is 10.6 Å². The minimum atomic E-state index is -3.60. The van der Waals surface area contributed by atoms with Crippen molar-refractivity contribution in [3.8, 4) is 0 Å². The molecule has 2 fully saturated rings. The van der Waals surface area contributed by atoms with Gasteiger partial charge in [-0.05, 0) is 31.4 Å². The molecule has 25 heavy (non-hydrogen) atoms. The Balaban J connectivity index is 1.83. The van der Waals surface area contributed by atoms with Crippen LogP contribution in [0.15, 0.2) is 35.2 Å². The van der Waals surface area contributed by atoms with E-state index in [1.165, 1.54) is 4.90 Å². The number of rotatable bonds is 4. The van der Waals surface area contributed by atoms with Gasteiger partial charge in [0.2, 0.25) is 11.8 Å². The number of hydrogen-bond donors (Lipinski definition) is 1. The Morgan fingerprint density at radius 1 is 1.04 bits per heavy atom. The lowest BCUT2D eigenvalue weighted by Gasteiger charge is -2.29. The van der Waals surface area contributed by atoms with Crippen molar-refractivity contribution in [1.82, 2.24) is 4.90 Å². The molecular formula is C18H24N2O4S. The van der Waals surface area contributed by atoms with E-state index in [0.717, 1.165) is 32.1 Å². The van der Waals surface area contributed by atoms with Crippen LogP contribution in [-0.4, -0.2) is 43.0 Å². The van der Waals surface area contributed by atoms with Crippen LogP contribution >= 0.6 is 0 Å². The second-order valence-electron chi connectivity index (χ2n) is 6.96. The van der Waals surface area contributed by atoms with Gasteiger partial charge in [0, 0.05) is 12.5 Å². The summed E-state index contributed by atoms with van der Waals surface area (Å²) in [6, 6.07) is 7.33. The standard InChI is InChI=1S/C18H24N2O4S/c19-17(21)16-11-15(25(23,24)14-9-5-2-6-10-14)12-20(16)18(22)13-7-3-1-4-8-13/h2,5-6,9-10,13,15-16H,1,3-4,7-8,11-12H2,(H2,19,21)/t15-,16+/m1/s1. The molecule has 1 saturated heterocycles. The van der Waals surface area contributed by atoms with Gasteiger partial charge >= 0.3 is 0 Å². The molecule has 1 aliphatic heterocycles. The van der Waals surface area contributed by atoms with Gasteiger partial charge in [0.05, 0.1) is 10.1 Å². The number of amides is 2. The van der Waals surface area contributed by atoms with E-state index in [1.807, 2.05) is 0 Å². The number of nitrogens with two attached hydrogens (primary N) is 1. The zero-order valence-corrected chi connectivity index (χ0v) is 15.0. The molecule has 2 aliphatic rings. The first-order chi connectivity index (χ1) is 11.9. The average Bonchev–Trinajstić information content (AvgIpc) is 3.09. The van der Waals surface area contributed by atoms with E-state index in [-0.39, 0.29) is 29.7 Å². The summed E-state index contributed by atoms with van der Waals surface area (Å²) in [5, 5.41) is -0.792. The van der Waals surface area contributed by atoms with Gasteiger partial charge in [0.25, 0.3) is 0 Å². The number of likely N-dealkylation sites (tertiary alicyclic amines) is 1. The van der Waals surface area contributed by atoms with Gasteiger partial charge in [0.1, 0.15) is 6.04 Å². The average molecular weight is 364 g/mol. The normalized spacial score (nSPS) is 25.0. The monoisotopic (exact) mass is 364 g/mol. The Morgan fingerprint density at radius 2 is 1.68 bits per heavy atom. The third-order valence-corrected chi connectivity index (χ3v) is 7.49. The molecule has 0 radical (unpaired) electrons. The Hall–Kier alpha value is -1.89. The molecule has 3 rings (SSSR count). The minimum absolute atomic E-state index is 0.0418. The Kier molecular flexibility index (Phi) is 5.13. The van der Waals surface area contributed by atoms with E-state index in [1.54, 1.807) is 30.3 Å². The molecule has 1 aromatic carbocycles. The molecule has 2 N–H and O–H groups in total. The van der Waals surface area contributed by atoms with Crippen LogP contribution in [0.4, 0.5) is 0 Å². The van der Waals surface area contributed by atoms with Crippen molar-refractivity contribution < 1.29 is 18.0 Å². The predicted molar refractivity (Wildman–Crippen MR) is 93.3 cm³/mol. The molecule has 1 heterocycles. The number of benzene rings is 1. The van der Waals surface area contributed by atoms with Crippen molar-refractivity contribution >= 4 is 21.7 Å². The molecule has 1 aromatic rings. The Labute approximate surface area is 148 Å². The number of sulfone groups is 1. The quantitative estimate of drug-likeness (QED) is 0.875. The van der Waals surface area contributed by atoms with Crippen LogP contribution in [-0.2, 0) is 19.4 Å². The lowest BCUT2D eigenvalue weighted by atomic mass is 9.88. The SMILES string of the molecule is NC(=O)[C@@H]1C[C@@H](S(=O)(=O)c2ccccc2)CN1C(=O)C1CCCCC1. The topological polar surface area (TPSA) is 97.5 Å². The zero-order chi connectivity index (χ0) is 18.0. The van der Waals surface area contributed by atoms with Crippen LogP contribution < -0.4 is 5.73 Å². The molecule has 1 saturated carbocycles. The van der Waals surface area contributed by atoms with Crippen molar-refractivity contribution in [2.75, 3.05) is 6.54 Å².